The summed E-state index contributed by atoms with van der Waals surface area (Å²) in [5.41, 5.74) is 11.3. The first kappa shape index (κ1) is 11.3. The molecular formula is C13H21N. The summed E-state index contributed by atoms with van der Waals surface area (Å²) in [7, 11) is 0. The Balaban J connectivity index is 3.28. The van der Waals surface area contributed by atoms with Crippen LogP contribution in [0, 0.1) is 13.8 Å². The smallest absolute Gasteiger partial charge is 0.0268 e. The van der Waals surface area contributed by atoms with Crippen molar-refractivity contribution in [3.63, 3.8) is 0 Å². The molecule has 14 heavy (non-hydrogen) atoms. The standard InChI is InChI=1S/C13H21N/c1-8(2)12-6-9(3)10(4)13(7-12)11(5)14/h6-8,11H,14H2,1-5H3. The van der Waals surface area contributed by atoms with Crippen molar-refractivity contribution in [2.45, 2.75) is 46.6 Å². The second-order valence-electron chi connectivity index (χ2n) is 4.50. The van der Waals surface area contributed by atoms with Gasteiger partial charge in [-0.05, 0) is 48.9 Å². The van der Waals surface area contributed by atoms with Crippen molar-refractivity contribution in [1.82, 2.24) is 0 Å². The van der Waals surface area contributed by atoms with E-state index < -0.39 is 0 Å². The monoisotopic (exact) mass is 191 g/mol. The van der Waals surface area contributed by atoms with Gasteiger partial charge in [-0.1, -0.05) is 26.0 Å². The van der Waals surface area contributed by atoms with Crippen LogP contribution in [-0.4, -0.2) is 0 Å². The van der Waals surface area contributed by atoms with Gasteiger partial charge in [-0.25, -0.2) is 0 Å². The van der Waals surface area contributed by atoms with E-state index in [-0.39, 0.29) is 6.04 Å². The maximum atomic E-state index is 5.95. The Morgan fingerprint density at radius 3 is 2.07 bits per heavy atom. The van der Waals surface area contributed by atoms with Gasteiger partial charge in [0.25, 0.3) is 0 Å². The van der Waals surface area contributed by atoms with Crippen LogP contribution in [0.25, 0.3) is 0 Å². The summed E-state index contributed by atoms with van der Waals surface area (Å²) in [5.74, 6) is 0.576. The molecule has 0 spiro atoms. The largest absolute Gasteiger partial charge is 0.324 e. The fourth-order valence-electron chi connectivity index (χ4n) is 1.72. The molecule has 0 bridgehead atoms. The molecule has 1 atom stereocenters. The van der Waals surface area contributed by atoms with Crippen molar-refractivity contribution in [3.8, 4) is 0 Å². The number of hydrogen-bond donors (Lipinski definition) is 1. The lowest BCUT2D eigenvalue weighted by Gasteiger charge is -2.16. The van der Waals surface area contributed by atoms with Gasteiger partial charge in [-0.15, -0.1) is 0 Å². The normalized spacial score (nSPS) is 13.4. The van der Waals surface area contributed by atoms with E-state index in [4.69, 9.17) is 5.73 Å². The number of hydrogen-bond acceptors (Lipinski definition) is 1. The molecule has 1 nitrogen and oxygen atoms in total. The molecule has 0 aliphatic heterocycles. The first-order valence-electron chi connectivity index (χ1n) is 5.30. The average Bonchev–Trinajstić information content (AvgIpc) is 2.08. The van der Waals surface area contributed by atoms with E-state index in [1.54, 1.807) is 0 Å². The number of rotatable bonds is 2. The summed E-state index contributed by atoms with van der Waals surface area (Å²) in [6, 6.07) is 4.65. The number of aryl methyl sites for hydroxylation is 1. The summed E-state index contributed by atoms with van der Waals surface area (Å²) in [5, 5.41) is 0. The molecule has 0 saturated carbocycles. The third-order valence-electron chi connectivity index (χ3n) is 2.89. The Hall–Kier alpha value is -0.820. The van der Waals surface area contributed by atoms with Crippen LogP contribution >= 0.6 is 0 Å². The molecule has 0 radical (unpaired) electrons. The van der Waals surface area contributed by atoms with E-state index in [0.29, 0.717) is 5.92 Å². The van der Waals surface area contributed by atoms with Crippen LogP contribution in [0.1, 0.15) is 55.0 Å². The van der Waals surface area contributed by atoms with E-state index in [1.807, 2.05) is 6.92 Å². The van der Waals surface area contributed by atoms with Crippen LogP contribution in [0.15, 0.2) is 12.1 Å². The minimum Gasteiger partial charge on any atom is -0.324 e. The summed E-state index contributed by atoms with van der Waals surface area (Å²) in [6.45, 7) is 10.8. The van der Waals surface area contributed by atoms with Crippen molar-refractivity contribution in [3.05, 3.63) is 34.4 Å². The molecule has 0 fully saturated rings. The SMILES string of the molecule is Cc1cc(C(C)C)cc(C(C)N)c1C. The summed E-state index contributed by atoms with van der Waals surface area (Å²) in [6.07, 6.45) is 0. The molecule has 1 unspecified atom stereocenters. The fourth-order valence-corrected chi connectivity index (χ4v) is 1.72. The van der Waals surface area contributed by atoms with Gasteiger partial charge in [-0.3, -0.25) is 0 Å². The third-order valence-corrected chi connectivity index (χ3v) is 2.89. The average molecular weight is 191 g/mol. The van der Waals surface area contributed by atoms with Gasteiger partial charge < -0.3 is 5.73 Å². The molecule has 0 aliphatic carbocycles. The third kappa shape index (κ3) is 2.16. The van der Waals surface area contributed by atoms with Crippen molar-refractivity contribution in [2.75, 3.05) is 0 Å². The highest BCUT2D eigenvalue weighted by Crippen LogP contribution is 2.25. The first-order valence-corrected chi connectivity index (χ1v) is 5.30. The van der Waals surface area contributed by atoms with E-state index in [0.717, 1.165) is 0 Å². The minimum atomic E-state index is 0.132. The van der Waals surface area contributed by atoms with E-state index >= 15 is 0 Å². The lowest BCUT2D eigenvalue weighted by molar-refractivity contribution is 0.792. The molecular weight excluding hydrogens is 170 g/mol. The van der Waals surface area contributed by atoms with Crippen LogP contribution in [-0.2, 0) is 0 Å². The quantitative estimate of drug-likeness (QED) is 0.761. The zero-order valence-electron chi connectivity index (χ0n) is 9.89. The zero-order valence-corrected chi connectivity index (χ0v) is 9.89. The predicted octanol–water partition coefficient (Wildman–Crippen LogP) is 3.45. The molecule has 0 saturated heterocycles. The second-order valence-corrected chi connectivity index (χ2v) is 4.50. The Kier molecular flexibility index (Phi) is 3.33. The van der Waals surface area contributed by atoms with E-state index in [9.17, 15) is 0 Å². The summed E-state index contributed by atoms with van der Waals surface area (Å²) in [4.78, 5) is 0. The molecule has 0 heterocycles. The van der Waals surface area contributed by atoms with Crippen LogP contribution in [0.4, 0.5) is 0 Å². The molecule has 2 N–H and O–H groups in total. The van der Waals surface area contributed by atoms with Crippen molar-refractivity contribution < 1.29 is 0 Å². The Morgan fingerprint density at radius 2 is 1.64 bits per heavy atom. The molecule has 1 aromatic carbocycles. The highest BCUT2D eigenvalue weighted by molar-refractivity contribution is 5.40. The summed E-state index contributed by atoms with van der Waals surface area (Å²) < 4.78 is 0. The van der Waals surface area contributed by atoms with Crippen LogP contribution in [0.2, 0.25) is 0 Å². The Labute approximate surface area is 87.3 Å². The maximum Gasteiger partial charge on any atom is 0.0268 e. The summed E-state index contributed by atoms with van der Waals surface area (Å²) >= 11 is 0. The van der Waals surface area contributed by atoms with Crippen LogP contribution in [0.3, 0.4) is 0 Å². The molecule has 0 amide bonds. The maximum absolute atomic E-state index is 5.95. The molecule has 0 aliphatic rings. The molecule has 78 valence electrons. The molecule has 1 aromatic rings. The molecule has 0 aromatic heterocycles. The van der Waals surface area contributed by atoms with E-state index in [2.05, 4.69) is 39.8 Å². The highest BCUT2D eigenvalue weighted by Gasteiger charge is 2.09. The van der Waals surface area contributed by atoms with Gasteiger partial charge in [0.2, 0.25) is 0 Å². The number of benzene rings is 1. The zero-order chi connectivity index (χ0) is 10.9. The fraction of sp³-hybridized carbons (Fsp3) is 0.538. The Bertz CT molecular complexity index is 324. The molecule has 1 heteroatoms. The van der Waals surface area contributed by atoms with Crippen molar-refractivity contribution in [1.29, 1.82) is 0 Å². The number of nitrogens with two attached hydrogens (primary N) is 1. The van der Waals surface area contributed by atoms with Crippen LogP contribution in [0.5, 0.6) is 0 Å². The highest BCUT2D eigenvalue weighted by atomic mass is 14.6. The van der Waals surface area contributed by atoms with Crippen LogP contribution < -0.4 is 5.73 Å². The van der Waals surface area contributed by atoms with Gasteiger partial charge in [0, 0.05) is 6.04 Å². The predicted molar refractivity (Wildman–Crippen MR) is 62.6 cm³/mol. The van der Waals surface area contributed by atoms with Gasteiger partial charge in [0.05, 0.1) is 0 Å². The topological polar surface area (TPSA) is 26.0 Å². The first-order chi connectivity index (χ1) is 6.43. The minimum absolute atomic E-state index is 0.132. The van der Waals surface area contributed by atoms with E-state index in [1.165, 1.54) is 22.3 Å². The Morgan fingerprint density at radius 1 is 1.07 bits per heavy atom. The van der Waals surface area contributed by atoms with Gasteiger partial charge >= 0.3 is 0 Å². The lowest BCUT2D eigenvalue weighted by atomic mass is 9.91. The van der Waals surface area contributed by atoms with Crippen molar-refractivity contribution in [2.24, 2.45) is 5.73 Å². The van der Waals surface area contributed by atoms with Gasteiger partial charge in [-0.2, -0.15) is 0 Å². The van der Waals surface area contributed by atoms with Gasteiger partial charge in [0.15, 0.2) is 0 Å². The lowest BCUT2D eigenvalue weighted by Crippen LogP contribution is -2.09. The second kappa shape index (κ2) is 4.14. The van der Waals surface area contributed by atoms with Gasteiger partial charge in [0.1, 0.15) is 0 Å². The molecule has 1 rings (SSSR count). The van der Waals surface area contributed by atoms with Crippen molar-refractivity contribution >= 4 is 0 Å².